The molecule has 0 saturated heterocycles. The summed E-state index contributed by atoms with van der Waals surface area (Å²) in [7, 11) is 0. The van der Waals surface area contributed by atoms with E-state index in [9.17, 15) is 13.2 Å². The van der Waals surface area contributed by atoms with Crippen LogP contribution in [0, 0.1) is 29.3 Å². The summed E-state index contributed by atoms with van der Waals surface area (Å²) in [6.45, 7) is -0.0575. The van der Waals surface area contributed by atoms with Crippen LogP contribution in [-0.4, -0.2) is 6.54 Å². The van der Waals surface area contributed by atoms with E-state index in [0.29, 0.717) is 5.56 Å². The Balaban J connectivity index is 2.16. The predicted molar refractivity (Wildman–Crippen MR) is 73.0 cm³/mol. The van der Waals surface area contributed by atoms with Crippen molar-refractivity contribution < 1.29 is 17.9 Å². The van der Waals surface area contributed by atoms with Crippen LogP contribution < -0.4 is 10.5 Å². The molecule has 0 radical (unpaired) electrons. The standard InChI is InChI=1S/C16H12F3NO/c17-13-7-11(3-2-6-20)8-14(9-13)21-10-12-4-1-5-15(18)16(12)19/h1,4-5,7-9H,6,10,20H2. The first-order valence-corrected chi connectivity index (χ1v) is 6.15. The van der Waals surface area contributed by atoms with Crippen molar-refractivity contribution in [2.45, 2.75) is 6.61 Å². The fourth-order valence-corrected chi connectivity index (χ4v) is 1.69. The van der Waals surface area contributed by atoms with E-state index in [2.05, 4.69) is 11.8 Å². The van der Waals surface area contributed by atoms with Crippen LogP contribution in [-0.2, 0) is 6.61 Å². The minimum absolute atomic E-state index is 0.0499. The van der Waals surface area contributed by atoms with Crippen LogP contribution >= 0.6 is 0 Å². The van der Waals surface area contributed by atoms with Gasteiger partial charge in [0.15, 0.2) is 11.6 Å². The Morgan fingerprint density at radius 1 is 1.10 bits per heavy atom. The minimum atomic E-state index is -0.975. The molecule has 2 N–H and O–H groups in total. The number of ether oxygens (including phenoxy) is 1. The first-order valence-electron chi connectivity index (χ1n) is 6.15. The lowest BCUT2D eigenvalue weighted by atomic mass is 10.2. The Kier molecular flexibility index (Phi) is 4.85. The van der Waals surface area contributed by atoms with Crippen molar-refractivity contribution in [3.63, 3.8) is 0 Å². The van der Waals surface area contributed by atoms with Crippen molar-refractivity contribution in [1.29, 1.82) is 0 Å². The molecule has 2 rings (SSSR count). The Hall–Kier alpha value is -2.45. The van der Waals surface area contributed by atoms with Gasteiger partial charge in [-0.05, 0) is 18.2 Å². The maximum Gasteiger partial charge on any atom is 0.165 e. The Bertz CT molecular complexity index is 704. The number of rotatable bonds is 3. The van der Waals surface area contributed by atoms with Crippen molar-refractivity contribution in [1.82, 2.24) is 0 Å². The molecule has 0 heterocycles. The molecule has 0 aliphatic rings. The summed E-state index contributed by atoms with van der Waals surface area (Å²) in [5, 5.41) is 0. The highest BCUT2D eigenvalue weighted by molar-refractivity contribution is 5.40. The number of hydrogen-bond acceptors (Lipinski definition) is 2. The van der Waals surface area contributed by atoms with Crippen molar-refractivity contribution in [2.75, 3.05) is 6.54 Å². The van der Waals surface area contributed by atoms with Gasteiger partial charge in [-0.25, -0.2) is 13.2 Å². The summed E-state index contributed by atoms with van der Waals surface area (Å²) >= 11 is 0. The van der Waals surface area contributed by atoms with Crippen LogP contribution in [0.3, 0.4) is 0 Å². The van der Waals surface area contributed by atoms with Gasteiger partial charge in [-0.1, -0.05) is 24.0 Å². The Morgan fingerprint density at radius 3 is 2.67 bits per heavy atom. The lowest BCUT2D eigenvalue weighted by molar-refractivity contribution is 0.295. The van der Waals surface area contributed by atoms with Crippen LogP contribution in [0.5, 0.6) is 5.75 Å². The molecule has 21 heavy (non-hydrogen) atoms. The molecule has 2 nitrogen and oxygen atoms in total. The monoisotopic (exact) mass is 291 g/mol. The molecule has 0 aliphatic carbocycles. The molecular formula is C16H12F3NO. The van der Waals surface area contributed by atoms with Gasteiger partial charge in [-0.3, -0.25) is 0 Å². The fraction of sp³-hybridized carbons (Fsp3) is 0.125. The normalized spacial score (nSPS) is 9.90. The Labute approximate surface area is 120 Å². The maximum absolute atomic E-state index is 13.5. The van der Waals surface area contributed by atoms with Crippen molar-refractivity contribution in [3.8, 4) is 17.6 Å². The van der Waals surface area contributed by atoms with Crippen LogP contribution in [0.15, 0.2) is 36.4 Å². The van der Waals surface area contributed by atoms with E-state index in [0.717, 1.165) is 12.1 Å². The lowest BCUT2D eigenvalue weighted by Crippen LogP contribution is -2.01. The molecule has 0 bridgehead atoms. The summed E-state index contributed by atoms with van der Waals surface area (Å²) in [5.74, 6) is 2.99. The van der Waals surface area contributed by atoms with Gasteiger partial charge in [0.25, 0.3) is 0 Å². The van der Waals surface area contributed by atoms with Crippen LogP contribution in [0.2, 0.25) is 0 Å². The van der Waals surface area contributed by atoms with E-state index < -0.39 is 17.5 Å². The van der Waals surface area contributed by atoms with Gasteiger partial charge >= 0.3 is 0 Å². The summed E-state index contributed by atoms with van der Waals surface area (Å²) in [4.78, 5) is 0. The summed E-state index contributed by atoms with van der Waals surface area (Å²) in [5.41, 5.74) is 5.69. The van der Waals surface area contributed by atoms with E-state index in [4.69, 9.17) is 10.5 Å². The second-order valence-corrected chi connectivity index (χ2v) is 4.18. The van der Waals surface area contributed by atoms with Gasteiger partial charge in [0, 0.05) is 17.2 Å². The third-order valence-corrected chi connectivity index (χ3v) is 2.63. The molecule has 2 aromatic carbocycles. The van der Waals surface area contributed by atoms with Crippen LogP contribution in [0.25, 0.3) is 0 Å². The van der Waals surface area contributed by atoms with Gasteiger partial charge in [-0.15, -0.1) is 0 Å². The third-order valence-electron chi connectivity index (χ3n) is 2.63. The zero-order chi connectivity index (χ0) is 15.2. The Morgan fingerprint density at radius 2 is 1.90 bits per heavy atom. The summed E-state index contributed by atoms with van der Waals surface area (Å²) in [6.07, 6.45) is 0. The van der Waals surface area contributed by atoms with E-state index in [1.807, 2.05) is 0 Å². The molecule has 5 heteroatoms. The predicted octanol–water partition coefficient (Wildman–Crippen LogP) is 2.99. The van der Waals surface area contributed by atoms with Crippen LogP contribution in [0.4, 0.5) is 13.2 Å². The zero-order valence-electron chi connectivity index (χ0n) is 11.0. The zero-order valence-corrected chi connectivity index (χ0v) is 11.0. The summed E-state index contributed by atoms with van der Waals surface area (Å²) < 4.78 is 45.2. The molecule has 0 atom stereocenters. The summed E-state index contributed by atoms with van der Waals surface area (Å²) in [6, 6.07) is 7.67. The molecule has 2 aromatic rings. The second-order valence-electron chi connectivity index (χ2n) is 4.18. The molecule has 108 valence electrons. The van der Waals surface area contributed by atoms with Crippen molar-refractivity contribution >= 4 is 0 Å². The van der Waals surface area contributed by atoms with Gasteiger partial charge in [0.1, 0.15) is 18.2 Å². The first kappa shape index (κ1) is 14.9. The molecule has 0 aromatic heterocycles. The molecule has 0 saturated carbocycles. The van der Waals surface area contributed by atoms with Crippen molar-refractivity contribution in [2.24, 2.45) is 5.73 Å². The number of nitrogens with two attached hydrogens (primary N) is 1. The molecular weight excluding hydrogens is 279 g/mol. The molecule has 0 aliphatic heterocycles. The second kappa shape index (κ2) is 6.82. The third kappa shape index (κ3) is 4.01. The molecule has 0 unspecified atom stereocenters. The SMILES string of the molecule is NCC#Cc1cc(F)cc(OCc2cccc(F)c2F)c1. The highest BCUT2D eigenvalue weighted by Gasteiger charge is 2.08. The largest absolute Gasteiger partial charge is 0.489 e. The molecule has 0 fully saturated rings. The van der Waals surface area contributed by atoms with Gasteiger partial charge in [0.05, 0.1) is 6.54 Å². The number of benzene rings is 2. The van der Waals surface area contributed by atoms with Crippen LogP contribution in [0.1, 0.15) is 11.1 Å². The smallest absolute Gasteiger partial charge is 0.165 e. The van der Waals surface area contributed by atoms with E-state index in [1.54, 1.807) is 0 Å². The van der Waals surface area contributed by atoms with Gasteiger partial charge < -0.3 is 10.5 Å². The average molecular weight is 291 g/mol. The lowest BCUT2D eigenvalue weighted by Gasteiger charge is -2.08. The quantitative estimate of drug-likeness (QED) is 0.882. The first-order chi connectivity index (χ1) is 10.1. The number of hydrogen-bond donors (Lipinski definition) is 1. The topological polar surface area (TPSA) is 35.2 Å². The van der Waals surface area contributed by atoms with Crippen molar-refractivity contribution in [3.05, 3.63) is 65.0 Å². The minimum Gasteiger partial charge on any atom is -0.489 e. The van der Waals surface area contributed by atoms with E-state index >= 15 is 0 Å². The van der Waals surface area contributed by atoms with E-state index in [-0.39, 0.29) is 24.5 Å². The van der Waals surface area contributed by atoms with Gasteiger partial charge in [0.2, 0.25) is 0 Å². The highest BCUT2D eigenvalue weighted by atomic mass is 19.2. The number of halogens is 3. The highest BCUT2D eigenvalue weighted by Crippen LogP contribution is 2.19. The average Bonchev–Trinajstić information content (AvgIpc) is 2.46. The molecule has 0 spiro atoms. The fourth-order valence-electron chi connectivity index (χ4n) is 1.69. The van der Waals surface area contributed by atoms with E-state index in [1.165, 1.54) is 24.3 Å². The molecule has 0 amide bonds. The van der Waals surface area contributed by atoms with Gasteiger partial charge in [-0.2, -0.15) is 0 Å². The maximum atomic E-state index is 13.5.